The third-order valence-corrected chi connectivity index (χ3v) is 3.49. The van der Waals surface area contributed by atoms with Gasteiger partial charge in [0.1, 0.15) is 0 Å². The van der Waals surface area contributed by atoms with Crippen molar-refractivity contribution in [2.75, 3.05) is 0 Å². The van der Waals surface area contributed by atoms with Crippen LogP contribution in [0.25, 0.3) is 0 Å². The fourth-order valence-corrected chi connectivity index (χ4v) is 2.13. The molecule has 0 unspecified atom stereocenters. The summed E-state index contributed by atoms with van der Waals surface area (Å²) in [5.74, 6) is 2.45. The Hall–Kier alpha value is -0.680. The van der Waals surface area contributed by atoms with Crippen LogP contribution in [0.5, 0.6) is 0 Å². The van der Waals surface area contributed by atoms with Crippen molar-refractivity contribution in [1.29, 1.82) is 0 Å². The van der Waals surface area contributed by atoms with E-state index in [1.165, 1.54) is 0 Å². The van der Waals surface area contributed by atoms with Gasteiger partial charge >= 0.3 is 0 Å². The van der Waals surface area contributed by atoms with E-state index < -0.39 is 0 Å². The van der Waals surface area contributed by atoms with Gasteiger partial charge in [0, 0.05) is 5.03 Å². The van der Waals surface area contributed by atoms with Crippen LogP contribution >= 0.6 is 23.2 Å². The highest BCUT2D eigenvalue weighted by atomic mass is 35.5. The van der Waals surface area contributed by atoms with E-state index in [4.69, 9.17) is 34.4 Å². The molecule has 0 saturated heterocycles. The van der Waals surface area contributed by atoms with Crippen molar-refractivity contribution in [1.82, 2.24) is 0 Å². The summed E-state index contributed by atoms with van der Waals surface area (Å²) in [5.41, 5.74) is 0. The number of halogens is 2. The lowest BCUT2D eigenvalue weighted by atomic mass is 10.1. The minimum absolute atomic E-state index is 0.0438. The van der Waals surface area contributed by atoms with Crippen LogP contribution in [-0.4, -0.2) is 17.6 Å². The molecule has 0 amide bonds. The molecule has 0 bridgehead atoms. The number of allylic oxidation sites excluding steroid dienone is 4. The lowest BCUT2D eigenvalue weighted by molar-refractivity contribution is 0.0110. The number of ether oxygens (including phenoxy) is 1. The zero-order valence-corrected chi connectivity index (χ0v) is 12.0. The SMILES string of the molecule is C#C/C=C\C[C@@H](Cl)[C@H]1C/C=C(Cl)\C=C/[C@@H](CC)O1. The molecular formula is C15H18Cl2O. The average molecular weight is 285 g/mol. The van der Waals surface area contributed by atoms with Gasteiger partial charge in [-0.3, -0.25) is 0 Å². The Morgan fingerprint density at radius 1 is 1.67 bits per heavy atom. The Kier molecular flexibility index (Phi) is 7.20. The second-order valence-electron chi connectivity index (χ2n) is 4.13. The van der Waals surface area contributed by atoms with E-state index in [0.29, 0.717) is 6.42 Å². The highest BCUT2D eigenvalue weighted by molar-refractivity contribution is 6.31. The minimum Gasteiger partial charge on any atom is -0.369 e. The van der Waals surface area contributed by atoms with Gasteiger partial charge in [-0.2, -0.15) is 0 Å². The van der Waals surface area contributed by atoms with Crippen molar-refractivity contribution < 1.29 is 4.74 Å². The molecule has 1 heterocycles. The summed E-state index contributed by atoms with van der Waals surface area (Å²) in [4.78, 5) is 0. The maximum Gasteiger partial charge on any atom is 0.0784 e. The zero-order valence-electron chi connectivity index (χ0n) is 10.5. The first-order chi connectivity index (χ1) is 8.67. The summed E-state index contributed by atoms with van der Waals surface area (Å²) in [6, 6.07) is 0. The standard InChI is InChI=1S/C15H18Cl2O/c1-3-5-6-7-14(17)15-11-9-12(16)8-10-13(4-2)18-15/h1,5-6,8-10,13-15H,4,7,11H2,2H3/b6-5-,10-8-,12-9+/t13-,14-,15-/m1/s1. The Labute approximate surface area is 119 Å². The van der Waals surface area contributed by atoms with E-state index in [2.05, 4.69) is 12.8 Å². The van der Waals surface area contributed by atoms with E-state index in [9.17, 15) is 0 Å². The van der Waals surface area contributed by atoms with Gasteiger partial charge in [0.05, 0.1) is 17.6 Å². The van der Waals surface area contributed by atoms with E-state index >= 15 is 0 Å². The van der Waals surface area contributed by atoms with Crippen LogP contribution in [-0.2, 0) is 4.74 Å². The first-order valence-corrected chi connectivity index (χ1v) is 6.93. The fourth-order valence-electron chi connectivity index (χ4n) is 1.70. The summed E-state index contributed by atoms with van der Waals surface area (Å²) >= 11 is 12.4. The van der Waals surface area contributed by atoms with Gasteiger partial charge in [0.15, 0.2) is 0 Å². The predicted octanol–water partition coefficient (Wildman–Crippen LogP) is 4.42. The van der Waals surface area contributed by atoms with Crippen LogP contribution in [0.3, 0.4) is 0 Å². The van der Waals surface area contributed by atoms with Gasteiger partial charge in [-0.1, -0.05) is 42.7 Å². The maximum absolute atomic E-state index is 6.35. The number of terminal acetylenes is 1. The smallest absolute Gasteiger partial charge is 0.0784 e. The van der Waals surface area contributed by atoms with Crippen LogP contribution in [0.1, 0.15) is 26.2 Å². The molecule has 3 atom stereocenters. The van der Waals surface area contributed by atoms with Crippen LogP contribution in [0.4, 0.5) is 0 Å². The van der Waals surface area contributed by atoms with Crippen molar-refractivity contribution in [2.45, 2.75) is 43.8 Å². The average Bonchev–Trinajstić information content (AvgIpc) is 2.35. The molecule has 18 heavy (non-hydrogen) atoms. The minimum atomic E-state index is -0.101. The molecule has 0 aromatic carbocycles. The molecule has 0 N–H and O–H groups in total. The monoisotopic (exact) mass is 284 g/mol. The topological polar surface area (TPSA) is 9.23 Å². The zero-order chi connectivity index (χ0) is 13.4. The van der Waals surface area contributed by atoms with Crippen LogP contribution < -0.4 is 0 Å². The third kappa shape index (κ3) is 5.31. The number of hydrogen-bond acceptors (Lipinski definition) is 1. The molecule has 1 aliphatic heterocycles. The predicted molar refractivity (Wildman–Crippen MR) is 78.9 cm³/mol. The Bertz CT molecular complexity index is 376. The molecule has 0 radical (unpaired) electrons. The summed E-state index contributed by atoms with van der Waals surface area (Å²) < 4.78 is 5.97. The van der Waals surface area contributed by atoms with Gasteiger partial charge in [-0.15, -0.1) is 18.0 Å². The molecule has 0 spiro atoms. The third-order valence-electron chi connectivity index (χ3n) is 2.75. The second-order valence-corrected chi connectivity index (χ2v) is 5.12. The quantitative estimate of drug-likeness (QED) is 0.549. The van der Waals surface area contributed by atoms with Crippen LogP contribution in [0.2, 0.25) is 0 Å². The van der Waals surface area contributed by atoms with Crippen LogP contribution in [0, 0.1) is 12.3 Å². The molecule has 1 aliphatic rings. The molecule has 98 valence electrons. The number of rotatable bonds is 4. The largest absolute Gasteiger partial charge is 0.369 e. The van der Waals surface area contributed by atoms with Crippen molar-refractivity contribution in [3.8, 4) is 12.3 Å². The highest BCUT2D eigenvalue weighted by Crippen LogP contribution is 2.23. The summed E-state index contributed by atoms with van der Waals surface area (Å²) in [6.07, 6.45) is 16.9. The fraction of sp³-hybridized carbons (Fsp3) is 0.467. The van der Waals surface area contributed by atoms with E-state index in [0.717, 1.165) is 17.9 Å². The van der Waals surface area contributed by atoms with Gasteiger partial charge in [0.25, 0.3) is 0 Å². The summed E-state index contributed by atoms with van der Waals surface area (Å²) in [6.45, 7) is 2.08. The molecule has 0 aromatic heterocycles. The van der Waals surface area contributed by atoms with Crippen molar-refractivity contribution in [3.05, 3.63) is 35.4 Å². The Balaban J connectivity index is 2.66. The van der Waals surface area contributed by atoms with Crippen molar-refractivity contribution in [3.63, 3.8) is 0 Å². The molecule has 1 rings (SSSR count). The lowest BCUT2D eigenvalue weighted by Gasteiger charge is -2.26. The molecule has 1 nitrogen and oxygen atoms in total. The highest BCUT2D eigenvalue weighted by Gasteiger charge is 2.22. The van der Waals surface area contributed by atoms with Crippen molar-refractivity contribution in [2.24, 2.45) is 0 Å². The molecule has 3 heteroatoms. The Morgan fingerprint density at radius 3 is 3.11 bits per heavy atom. The molecule has 0 fully saturated rings. The normalized spacial score (nSPS) is 30.9. The van der Waals surface area contributed by atoms with E-state index in [1.807, 2.05) is 24.3 Å². The first kappa shape index (κ1) is 15.4. The summed E-state index contributed by atoms with van der Waals surface area (Å²) in [7, 11) is 0. The second kappa shape index (κ2) is 8.43. The lowest BCUT2D eigenvalue weighted by Crippen LogP contribution is -2.29. The first-order valence-electron chi connectivity index (χ1n) is 6.11. The van der Waals surface area contributed by atoms with Gasteiger partial charge < -0.3 is 4.74 Å². The van der Waals surface area contributed by atoms with Crippen LogP contribution in [0.15, 0.2) is 35.4 Å². The van der Waals surface area contributed by atoms with Gasteiger partial charge in [0.2, 0.25) is 0 Å². The molecule has 0 aliphatic carbocycles. The van der Waals surface area contributed by atoms with E-state index in [-0.39, 0.29) is 17.6 Å². The number of alkyl halides is 1. The van der Waals surface area contributed by atoms with Gasteiger partial charge in [-0.05, 0) is 31.4 Å². The molecule has 0 aromatic rings. The van der Waals surface area contributed by atoms with E-state index in [1.54, 1.807) is 6.08 Å². The molecule has 0 saturated carbocycles. The number of hydrogen-bond donors (Lipinski definition) is 0. The summed E-state index contributed by atoms with van der Waals surface area (Å²) in [5, 5.41) is 0.639. The Morgan fingerprint density at radius 2 is 2.44 bits per heavy atom. The van der Waals surface area contributed by atoms with Gasteiger partial charge in [-0.25, -0.2) is 0 Å². The molecular weight excluding hydrogens is 267 g/mol. The van der Waals surface area contributed by atoms with Crippen molar-refractivity contribution >= 4 is 23.2 Å². The maximum atomic E-state index is 6.35.